The lowest BCUT2D eigenvalue weighted by molar-refractivity contribution is -0.115. The number of methoxy groups -OCH3 is 1. The fraction of sp³-hybridized carbons (Fsp3) is 0.176. The van der Waals surface area contributed by atoms with Gasteiger partial charge in [0.1, 0.15) is 5.75 Å². The van der Waals surface area contributed by atoms with Gasteiger partial charge < -0.3 is 10.1 Å². The number of hydrogen-bond acceptors (Lipinski definition) is 5. The number of carbonyl (C=O) groups is 1. The standard InChI is InChI=1S/C17H14F2N2O2S2/c1-23-13-5-3-2-4-10(13)8-15(22)21-17-20-12-7-6-11(24-16(18)19)9-14(12)25-17/h2-7,9,16H,8H2,1H3,(H,20,21,22). The van der Waals surface area contributed by atoms with Crippen LogP contribution >= 0.6 is 23.1 Å². The van der Waals surface area contributed by atoms with Crippen LogP contribution in [0.4, 0.5) is 13.9 Å². The van der Waals surface area contributed by atoms with Crippen molar-refractivity contribution in [1.82, 2.24) is 4.98 Å². The van der Waals surface area contributed by atoms with Crippen LogP contribution in [0.3, 0.4) is 0 Å². The smallest absolute Gasteiger partial charge is 0.288 e. The van der Waals surface area contributed by atoms with E-state index in [1.165, 1.54) is 11.3 Å². The molecule has 0 unspecified atom stereocenters. The van der Waals surface area contributed by atoms with Crippen LogP contribution < -0.4 is 10.1 Å². The Morgan fingerprint density at radius 2 is 2.12 bits per heavy atom. The number of fused-ring (bicyclic) bond motifs is 1. The molecule has 0 fully saturated rings. The van der Waals surface area contributed by atoms with Gasteiger partial charge in [-0.05, 0) is 24.3 Å². The lowest BCUT2D eigenvalue weighted by Crippen LogP contribution is -2.14. The van der Waals surface area contributed by atoms with Crippen molar-refractivity contribution < 1.29 is 18.3 Å². The Morgan fingerprint density at radius 1 is 1.32 bits per heavy atom. The summed E-state index contributed by atoms with van der Waals surface area (Å²) in [6, 6.07) is 12.2. The molecule has 0 spiro atoms. The van der Waals surface area contributed by atoms with Gasteiger partial charge in [0.2, 0.25) is 5.91 Å². The van der Waals surface area contributed by atoms with Gasteiger partial charge in [-0.15, -0.1) is 0 Å². The third-order valence-corrected chi connectivity index (χ3v) is 5.01. The number of rotatable bonds is 6. The minimum atomic E-state index is -2.47. The molecule has 3 aromatic rings. The summed E-state index contributed by atoms with van der Waals surface area (Å²) in [6.07, 6.45) is 0.159. The predicted molar refractivity (Wildman–Crippen MR) is 96.8 cm³/mol. The monoisotopic (exact) mass is 380 g/mol. The van der Waals surface area contributed by atoms with Crippen molar-refractivity contribution in [3.05, 3.63) is 48.0 Å². The summed E-state index contributed by atoms with van der Waals surface area (Å²) in [7, 11) is 1.55. The zero-order chi connectivity index (χ0) is 17.8. The highest BCUT2D eigenvalue weighted by atomic mass is 32.2. The normalized spacial score (nSPS) is 11.0. The van der Waals surface area contributed by atoms with E-state index >= 15 is 0 Å². The van der Waals surface area contributed by atoms with Gasteiger partial charge in [0, 0.05) is 10.5 Å². The number of hydrogen-bond donors (Lipinski definition) is 1. The topological polar surface area (TPSA) is 51.2 Å². The molecule has 2 aromatic carbocycles. The van der Waals surface area contributed by atoms with E-state index in [-0.39, 0.29) is 12.3 Å². The number of benzene rings is 2. The molecule has 0 aliphatic heterocycles. The number of thiazole rings is 1. The summed E-state index contributed by atoms with van der Waals surface area (Å²) in [6.45, 7) is 0. The minimum Gasteiger partial charge on any atom is -0.496 e. The van der Waals surface area contributed by atoms with Gasteiger partial charge in [0.15, 0.2) is 5.13 Å². The minimum absolute atomic E-state index is 0.159. The molecule has 25 heavy (non-hydrogen) atoms. The van der Waals surface area contributed by atoms with E-state index in [1.807, 2.05) is 18.2 Å². The van der Waals surface area contributed by atoms with Gasteiger partial charge >= 0.3 is 0 Å². The summed E-state index contributed by atoms with van der Waals surface area (Å²) in [5.41, 5.74) is 1.44. The molecule has 1 N–H and O–H groups in total. The molecule has 1 amide bonds. The number of nitrogens with zero attached hydrogens (tertiary/aromatic N) is 1. The van der Waals surface area contributed by atoms with E-state index in [4.69, 9.17) is 4.74 Å². The fourth-order valence-electron chi connectivity index (χ4n) is 2.32. The summed E-state index contributed by atoms with van der Waals surface area (Å²) >= 11 is 1.74. The SMILES string of the molecule is COc1ccccc1CC(=O)Nc1nc2ccc(SC(F)F)cc2s1. The number of alkyl halides is 2. The van der Waals surface area contributed by atoms with E-state index in [9.17, 15) is 13.6 Å². The Hall–Kier alpha value is -2.19. The van der Waals surface area contributed by atoms with Crippen LogP contribution in [0.15, 0.2) is 47.4 Å². The molecule has 0 radical (unpaired) electrons. The maximum absolute atomic E-state index is 12.5. The van der Waals surface area contributed by atoms with Crippen LogP contribution in [-0.2, 0) is 11.2 Å². The number of ether oxygens (including phenoxy) is 1. The zero-order valence-electron chi connectivity index (χ0n) is 13.2. The molecule has 4 nitrogen and oxygen atoms in total. The van der Waals surface area contributed by atoms with Crippen molar-refractivity contribution in [3.63, 3.8) is 0 Å². The Labute approximate surface area is 151 Å². The van der Waals surface area contributed by atoms with Gasteiger partial charge in [-0.25, -0.2) is 4.98 Å². The first-order valence-electron chi connectivity index (χ1n) is 7.32. The Kier molecular flexibility index (Phi) is 5.50. The van der Waals surface area contributed by atoms with Crippen LogP contribution in [0.2, 0.25) is 0 Å². The van der Waals surface area contributed by atoms with E-state index in [0.29, 0.717) is 33.1 Å². The van der Waals surface area contributed by atoms with Crippen LogP contribution in [0.1, 0.15) is 5.56 Å². The highest BCUT2D eigenvalue weighted by Crippen LogP contribution is 2.32. The number of para-hydroxylation sites is 1. The number of halogens is 2. The first-order valence-corrected chi connectivity index (χ1v) is 9.02. The van der Waals surface area contributed by atoms with Crippen molar-refractivity contribution >= 4 is 44.4 Å². The first-order chi connectivity index (χ1) is 12.0. The summed E-state index contributed by atoms with van der Waals surface area (Å²) in [5, 5.41) is 3.19. The number of nitrogens with one attached hydrogen (secondary N) is 1. The number of aromatic nitrogens is 1. The van der Waals surface area contributed by atoms with Gasteiger partial charge in [-0.1, -0.05) is 41.3 Å². The molecule has 8 heteroatoms. The fourth-order valence-corrected chi connectivity index (χ4v) is 3.85. The van der Waals surface area contributed by atoms with E-state index in [0.717, 1.165) is 10.3 Å². The highest BCUT2D eigenvalue weighted by Gasteiger charge is 2.12. The molecule has 0 aliphatic carbocycles. The van der Waals surface area contributed by atoms with Crippen LogP contribution in [0.25, 0.3) is 10.2 Å². The average molecular weight is 380 g/mol. The molecular weight excluding hydrogens is 366 g/mol. The third-order valence-electron chi connectivity index (χ3n) is 3.37. The highest BCUT2D eigenvalue weighted by molar-refractivity contribution is 7.99. The molecule has 3 rings (SSSR count). The summed E-state index contributed by atoms with van der Waals surface area (Å²) in [4.78, 5) is 17.0. The van der Waals surface area contributed by atoms with Crippen LogP contribution in [0.5, 0.6) is 5.75 Å². The van der Waals surface area contributed by atoms with Gasteiger partial charge in [-0.2, -0.15) is 8.78 Å². The molecule has 130 valence electrons. The first kappa shape index (κ1) is 17.6. The van der Waals surface area contributed by atoms with Crippen molar-refractivity contribution in [2.45, 2.75) is 17.1 Å². The van der Waals surface area contributed by atoms with Gasteiger partial charge in [0.05, 0.1) is 23.7 Å². The molecule has 1 aromatic heterocycles. The van der Waals surface area contributed by atoms with Gasteiger partial charge in [-0.3, -0.25) is 4.79 Å². The molecule has 0 atom stereocenters. The van der Waals surface area contributed by atoms with Crippen molar-refractivity contribution in [3.8, 4) is 5.75 Å². The zero-order valence-corrected chi connectivity index (χ0v) is 14.8. The number of anilines is 1. The number of carbonyl (C=O) groups excluding carboxylic acids is 1. The molecule has 0 saturated carbocycles. The Morgan fingerprint density at radius 3 is 2.88 bits per heavy atom. The van der Waals surface area contributed by atoms with E-state index < -0.39 is 5.76 Å². The average Bonchev–Trinajstić information content (AvgIpc) is 2.96. The van der Waals surface area contributed by atoms with E-state index in [2.05, 4.69) is 10.3 Å². The lowest BCUT2D eigenvalue weighted by Gasteiger charge is -2.07. The molecule has 0 aliphatic rings. The maximum atomic E-state index is 12.5. The quantitative estimate of drug-likeness (QED) is 0.624. The largest absolute Gasteiger partial charge is 0.496 e. The summed E-state index contributed by atoms with van der Waals surface area (Å²) in [5.74, 6) is -2.04. The van der Waals surface area contributed by atoms with Gasteiger partial charge in [0.25, 0.3) is 5.76 Å². The molecule has 0 saturated heterocycles. The number of amides is 1. The third kappa shape index (κ3) is 4.46. The van der Waals surface area contributed by atoms with Crippen molar-refractivity contribution in [1.29, 1.82) is 0 Å². The summed E-state index contributed by atoms with van der Waals surface area (Å²) < 4.78 is 30.9. The van der Waals surface area contributed by atoms with Crippen LogP contribution in [-0.4, -0.2) is 23.8 Å². The van der Waals surface area contributed by atoms with Crippen LogP contribution in [0, 0.1) is 0 Å². The Bertz CT molecular complexity index is 899. The second-order valence-electron chi connectivity index (χ2n) is 5.06. The second-order valence-corrected chi connectivity index (χ2v) is 7.16. The maximum Gasteiger partial charge on any atom is 0.288 e. The molecule has 1 heterocycles. The Balaban J connectivity index is 1.72. The molecule has 0 bridgehead atoms. The second kappa shape index (κ2) is 7.79. The van der Waals surface area contributed by atoms with E-state index in [1.54, 1.807) is 31.4 Å². The van der Waals surface area contributed by atoms with Crippen molar-refractivity contribution in [2.24, 2.45) is 0 Å². The molecular formula is C17H14F2N2O2S2. The number of thioether (sulfide) groups is 1. The lowest BCUT2D eigenvalue weighted by atomic mass is 10.1. The predicted octanol–water partition coefficient (Wildman–Crippen LogP) is 4.80. The van der Waals surface area contributed by atoms with Crippen molar-refractivity contribution in [2.75, 3.05) is 12.4 Å².